The van der Waals surface area contributed by atoms with E-state index in [1.165, 1.54) is 25.8 Å². The first kappa shape index (κ1) is 12.5. The zero-order valence-electron chi connectivity index (χ0n) is 10.1. The third-order valence-corrected chi connectivity index (χ3v) is 2.95. The zero-order chi connectivity index (χ0) is 11.3. The Morgan fingerprint density at radius 2 is 2.07 bits per heavy atom. The van der Waals surface area contributed by atoms with Crippen LogP contribution in [0.2, 0.25) is 0 Å². The zero-order valence-corrected chi connectivity index (χ0v) is 10.1. The maximum absolute atomic E-state index is 7.19. The molecule has 3 nitrogen and oxygen atoms in total. The van der Waals surface area contributed by atoms with E-state index in [9.17, 15) is 0 Å². The van der Waals surface area contributed by atoms with Crippen LogP contribution >= 0.6 is 0 Å². The third kappa shape index (κ3) is 5.78. The molecule has 0 heterocycles. The van der Waals surface area contributed by atoms with Gasteiger partial charge < -0.3 is 10.6 Å². The second-order valence-corrected chi connectivity index (χ2v) is 5.08. The molecular weight excluding hydrogens is 186 g/mol. The van der Waals surface area contributed by atoms with Crippen LogP contribution in [0.4, 0.5) is 0 Å². The topological polar surface area (TPSA) is 53.1 Å². The Morgan fingerprint density at radius 3 is 2.53 bits per heavy atom. The molecule has 0 aromatic rings. The lowest BCUT2D eigenvalue weighted by atomic mass is 10.1. The summed E-state index contributed by atoms with van der Waals surface area (Å²) in [5, 5.41) is 7.19. The lowest BCUT2D eigenvalue weighted by Gasteiger charge is -2.22. The molecular formula is C12H25N3. The van der Waals surface area contributed by atoms with Crippen molar-refractivity contribution in [2.24, 2.45) is 11.7 Å². The Labute approximate surface area is 93.5 Å². The van der Waals surface area contributed by atoms with Gasteiger partial charge in [-0.05, 0) is 44.7 Å². The van der Waals surface area contributed by atoms with Crippen LogP contribution in [0.1, 0.15) is 46.0 Å². The number of amidine groups is 1. The Morgan fingerprint density at radius 1 is 1.40 bits per heavy atom. The van der Waals surface area contributed by atoms with E-state index in [1.54, 1.807) is 0 Å². The molecule has 1 aliphatic rings. The van der Waals surface area contributed by atoms with Crippen molar-refractivity contribution >= 4 is 5.84 Å². The van der Waals surface area contributed by atoms with Crippen molar-refractivity contribution in [1.29, 1.82) is 5.41 Å². The van der Waals surface area contributed by atoms with Crippen molar-refractivity contribution < 1.29 is 0 Å². The molecule has 3 N–H and O–H groups in total. The average molecular weight is 211 g/mol. The summed E-state index contributed by atoms with van der Waals surface area (Å²) in [6, 6.07) is 0.843. The second-order valence-electron chi connectivity index (χ2n) is 5.08. The van der Waals surface area contributed by atoms with Gasteiger partial charge in [0.1, 0.15) is 0 Å². The molecule has 0 bridgehead atoms. The summed E-state index contributed by atoms with van der Waals surface area (Å²) in [6.07, 6.45) is 5.84. The van der Waals surface area contributed by atoms with Crippen molar-refractivity contribution in [2.75, 3.05) is 13.1 Å². The number of rotatable bonds is 8. The van der Waals surface area contributed by atoms with Gasteiger partial charge in [0.05, 0.1) is 5.84 Å². The van der Waals surface area contributed by atoms with Gasteiger partial charge in [-0.25, -0.2) is 0 Å². The quantitative estimate of drug-likeness (QED) is 0.478. The largest absolute Gasteiger partial charge is 0.388 e. The van der Waals surface area contributed by atoms with Crippen LogP contribution in [-0.2, 0) is 0 Å². The van der Waals surface area contributed by atoms with Gasteiger partial charge in [0, 0.05) is 12.5 Å². The summed E-state index contributed by atoms with van der Waals surface area (Å²) in [6.45, 7) is 6.90. The molecule has 0 unspecified atom stereocenters. The minimum Gasteiger partial charge on any atom is -0.388 e. The van der Waals surface area contributed by atoms with Crippen molar-refractivity contribution in [3.05, 3.63) is 0 Å². The molecule has 1 saturated carbocycles. The van der Waals surface area contributed by atoms with Crippen molar-refractivity contribution in [1.82, 2.24) is 4.90 Å². The highest BCUT2D eigenvalue weighted by Crippen LogP contribution is 2.27. The molecule has 0 aromatic heterocycles. The fourth-order valence-corrected chi connectivity index (χ4v) is 1.81. The Hall–Kier alpha value is -0.570. The molecule has 88 valence electrons. The summed E-state index contributed by atoms with van der Waals surface area (Å²) in [4.78, 5) is 2.59. The van der Waals surface area contributed by atoms with Gasteiger partial charge >= 0.3 is 0 Å². The summed E-state index contributed by atoms with van der Waals surface area (Å²) in [5.41, 5.74) is 5.36. The molecule has 0 atom stereocenters. The molecule has 0 aliphatic heterocycles. The summed E-state index contributed by atoms with van der Waals surface area (Å²) < 4.78 is 0. The van der Waals surface area contributed by atoms with Crippen LogP contribution in [0, 0.1) is 11.3 Å². The molecule has 1 fully saturated rings. The van der Waals surface area contributed by atoms with E-state index in [2.05, 4.69) is 18.7 Å². The van der Waals surface area contributed by atoms with E-state index in [4.69, 9.17) is 11.1 Å². The first-order chi connectivity index (χ1) is 7.09. The van der Waals surface area contributed by atoms with Crippen LogP contribution in [-0.4, -0.2) is 29.9 Å². The van der Waals surface area contributed by atoms with Crippen molar-refractivity contribution in [3.8, 4) is 0 Å². The molecule has 0 radical (unpaired) electrons. The number of hydrogen-bond acceptors (Lipinski definition) is 2. The lowest BCUT2D eigenvalue weighted by molar-refractivity contribution is 0.246. The molecule has 3 heteroatoms. The van der Waals surface area contributed by atoms with E-state index >= 15 is 0 Å². The fraction of sp³-hybridized carbons (Fsp3) is 0.917. The average Bonchev–Trinajstić information content (AvgIpc) is 2.93. The predicted octanol–water partition coefficient (Wildman–Crippen LogP) is 2.21. The van der Waals surface area contributed by atoms with E-state index in [1.807, 2.05) is 0 Å². The molecule has 0 spiro atoms. The number of nitrogens with two attached hydrogens (primary N) is 1. The highest BCUT2D eigenvalue weighted by molar-refractivity contribution is 5.76. The second kappa shape index (κ2) is 6.11. The molecule has 15 heavy (non-hydrogen) atoms. The summed E-state index contributed by atoms with van der Waals surface area (Å²) in [5.74, 6) is 1.12. The van der Waals surface area contributed by atoms with Crippen LogP contribution in [0.5, 0.6) is 0 Å². The van der Waals surface area contributed by atoms with Crippen molar-refractivity contribution in [2.45, 2.75) is 52.0 Å². The minimum absolute atomic E-state index is 0.328. The van der Waals surface area contributed by atoms with Crippen LogP contribution < -0.4 is 5.73 Å². The Balaban J connectivity index is 2.15. The molecule has 0 saturated heterocycles. The molecule has 1 aliphatic carbocycles. The third-order valence-electron chi connectivity index (χ3n) is 2.95. The minimum atomic E-state index is 0.328. The maximum atomic E-state index is 7.19. The number of nitrogens with one attached hydrogen (secondary N) is 1. The standard InChI is InChI=1S/C12H25N3/c1-10(2)7-9-15(11-5-6-11)8-3-4-12(13)14/h10-11H,3-9H2,1-2H3,(H3,13,14). The van der Waals surface area contributed by atoms with Crippen LogP contribution in [0.3, 0.4) is 0 Å². The van der Waals surface area contributed by atoms with Crippen LogP contribution in [0.25, 0.3) is 0 Å². The van der Waals surface area contributed by atoms with E-state index in [0.29, 0.717) is 5.84 Å². The Bertz CT molecular complexity index is 197. The van der Waals surface area contributed by atoms with Gasteiger partial charge in [0.2, 0.25) is 0 Å². The van der Waals surface area contributed by atoms with Gasteiger partial charge in [-0.15, -0.1) is 0 Å². The van der Waals surface area contributed by atoms with Gasteiger partial charge in [-0.1, -0.05) is 13.8 Å². The van der Waals surface area contributed by atoms with E-state index in [-0.39, 0.29) is 0 Å². The first-order valence-corrected chi connectivity index (χ1v) is 6.16. The number of hydrogen-bond donors (Lipinski definition) is 2. The van der Waals surface area contributed by atoms with Gasteiger partial charge in [0.15, 0.2) is 0 Å². The van der Waals surface area contributed by atoms with Gasteiger partial charge in [-0.2, -0.15) is 0 Å². The normalized spacial score (nSPS) is 16.3. The predicted molar refractivity (Wildman–Crippen MR) is 65.2 cm³/mol. The lowest BCUT2D eigenvalue weighted by Crippen LogP contribution is -2.29. The molecule has 1 rings (SSSR count). The van der Waals surface area contributed by atoms with Crippen molar-refractivity contribution in [3.63, 3.8) is 0 Å². The van der Waals surface area contributed by atoms with Gasteiger partial charge in [0.25, 0.3) is 0 Å². The summed E-state index contributed by atoms with van der Waals surface area (Å²) >= 11 is 0. The van der Waals surface area contributed by atoms with E-state index < -0.39 is 0 Å². The summed E-state index contributed by atoms with van der Waals surface area (Å²) in [7, 11) is 0. The van der Waals surface area contributed by atoms with Gasteiger partial charge in [-0.3, -0.25) is 5.41 Å². The fourth-order valence-electron chi connectivity index (χ4n) is 1.81. The molecule has 0 aromatic carbocycles. The molecule has 0 amide bonds. The monoisotopic (exact) mass is 211 g/mol. The maximum Gasteiger partial charge on any atom is 0.0905 e. The highest BCUT2D eigenvalue weighted by Gasteiger charge is 2.28. The smallest absolute Gasteiger partial charge is 0.0905 e. The Kier molecular flexibility index (Phi) is 5.09. The number of nitrogens with zero attached hydrogens (tertiary/aromatic N) is 1. The SMILES string of the molecule is CC(C)CCN(CCCC(=N)N)C1CC1. The van der Waals surface area contributed by atoms with E-state index in [0.717, 1.165) is 31.3 Å². The first-order valence-electron chi connectivity index (χ1n) is 6.16. The highest BCUT2D eigenvalue weighted by atomic mass is 15.2. The van der Waals surface area contributed by atoms with Crippen LogP contribution in [0.15, 0.2) is 0 Å².